The second-order valence-electron chi connectivity index (χ2n) is 8.07. The molecule has 1 aliphatic rings. The number of guanidine groups is 1. The van der Waals surface area contributed by atoms with Crippen molar-refractivity contribution < 1.29 is 4.79 Å². The van der Waals surface area contributed by atoms with Crippen molar-refractivity contribution in [2.45, 2.75) is 52.6 Å². The summed E-state index contributed by atoms with van der Waals surface area (Å²) in [5, 5.41) is 9.45. The fraction of sp³-hybridized carbons (Fsp3) is 0.619. The van der Waals surface area contributed by atoms with Gasteiger partial charge in [-0.15, -0.1) is 0 Å². The Hall–Kier alpha value is -2.08. The van der Waals surface area contributed by atoms with Gasteiger partial charge in [-0.05, 0) is 51.7 Å². The summed E-state index contributed by atoms with van der Waals surface area (Å²) in [6.45, 7) is 12.9. The molecule has 0 saturated carbocycles. The molecule has 27 heavy (non-hydrogen) atoms. The van der Waals surface area contributed by atoms with Crippen LogP contribution >= 0.6 is 0 Å². The summed E-state index contributed by atoms with van der Waals surface area (Å²) in [5.41, 5.74) is 2.71. The van der Waals surface area contributed by atoms with Gasteiger partial charge in [0, 0.05) is 38.3 Å². The van der Waals surface area contributed by atoms with Crippen molar-refractivity contribution in [1.82, 2.24) is 20.9 Å². The zero-order valence-corrected chi connectivity index (χ0v) is 17.3. The molecule has 3 N–H and O–H groups in total. The third-order valence-corrected chi connectivity index (χ3v) is 4.39. The number of carbonyl (C=O) groups is 1. The topological polar surface area (TPSA) is 68.8 Å². The van der Waals surface area contributed by atoms with E-state index in [0.717, 1.165) is 45.6 Å². The molecule has 1 heterocycles. The Balaban J connectivity index is 1.71. The van der Waals surface area contributed by atoms with Crippen LogP contribution in [0.1, 0.15) is 45.2 Å². The molecule has 6 heteroatoms. The van der Waals surface area contributed by atoms with Crippen molar-refractivity contribution in [1.29, 1.82) is 0 Å². The monoisotopic (exact) mass is 373 g/mol. The number of amides is 1. The molecule has 2 rings (SSSR count). The number of fused-ring (bicyclic) bond motifs is 1. The van der Waals surface area contributed by atoms with Crippen LogP contribution in [0.3, 0.4) is 0 Å². The van der Waals surface area contributed by atoms with E-state index in [2.05, 4.69) is 50.1 Å². The van der Waals surface area contributed by atoms with Crippen LogP contribution in [0.2, 0.25) is 0 Å². The fourth-order valence-electron chi connectivity index (χ4n) is 3.20. The molecule has 1 aliphatic heterocycles. The highest BCUT2D eigenvalue weighted by molar-refractivity contribution is 5.85. The average Bonchev–Trinajstić information content (AvgIpc) is 2.61. The largest absolute Gasteiger partial charge is 0.357 e. The number of rotatable bonds is 7. The number of aliphatic imine (C=N–C) groups is 1. The summed E-state index contributed by atoms with van der Waals surface area (Å²) in [7, 11) is 0. The van der Waals surface area contributed by atoms with E-state index in [1.807, 2.05) is 27.7 Å². The van der Waals surface area contributed by atoms with Crippen molar-refractivity contribution in [3.8, 4) is 0 Å². The minimum Gasteiger partial charge on any atom is -0.357 e. The van der Waals surface area contributed by atoms with Crippen molar-refractivity contribution in [3.63, 3.8) is 0 Å². The number of nitrogens with one attached hydrogen (secondary N) is 3. The highest BCUT2D eigenvalue weighted by Gasteiger charge is 2.15. The Morgan fingerprint density at radius 1 is 1.19 bits per heavy atom. The summed E-state index contributed by atoms with van der Waals surface area (Å²) in [5.74, 6) is 0.636. The number of benzene rings is 1. The standard InChI is InChI=1S/C21H35N5O/c1-5-22-20(24-15-19(27)25-21(2,3)4)23-12-8-13-26-14-11-17-9-6-7-10-18(17)16-26/h6-7,9-10H,5,8,11-16H2,1-4H3,(H,25,27)(H2,22,23,24). The van der Waals surface area contributed by atoms with Gasteiger partial charge in [-0.2, -0.15) is 0 Å². The van der Waals surface area contributed by atoms with Crippen molar-refractivity contribution in [3.05, 3.63) is 35.4 Å². The van der Waals surface area contributed by atoms with Crippen LogP contribution in [-0.4, -0.2) is 55.0 Å². The van der Waals surface area contributed by atoms with Gasteiger partial charge < -0.3 is 16.0 Å². The van der Waals surface area contributed by atoms with Crippen molar-refractivity contribution >= 4 is 11.9 Å². The van der Waals surface area contributed by atoms with E-state index in [-0.39, 0.29) is 18.0 Å². The number of hydrogen-bond acceptors (Lipinski definition) is 3. The molecule has 0 unspecified atom stereocenters. The molecular formula is C21H35N5O. The predicted octanol–water partition coefficient (Wildman–Crippen LogP) is 1.90. The zero-order valence-electron chi connectivity index (χ0n) is 17.3. The van der Waals surface area contributed by atoms with Crippen molar-refractivity contribution in [2.24, 2.45) is 4.99 Å². The lowest BCUT2D eigenvalue weighted by atomic mass is 10.00. The molecule has 1 aromatic carbocycles. The Morgan fingerprint density at radius 2 is 1.93 bits per heavy atom. The first-order valence-corrected chi connectivity index (χ1v) is 9.99. The molecule has 0 spiro atoms. The van der Waals surface area contributed by atoms with Gasteiger partial charge in [0.05, 0.1) is 0 Å². The highest BCUT2D eigenvalue weighted by atomic mass is 16.2. The summed E-state index contributed by atoms with van der Waals surface area (Å²) in [6, 6.07) is 8.72. The highest BCUT2D eigenvalue weighted by Crippen LogP contribution is 2.18. The van der Waals surface area contributed by atoms with E-state index < -0.39 is 0 Å². The van der Waals surface area contributed by atoms with E-state index in [9.17, 15) is 4.79 Å². The fourth-order valence-corrected chi connectivity index (χ4v) is 3.20. The lowest BCUT2D eigenvalue weighted by Gasteiger charge is -2.28. The molecule has 0 bridgehead atoms. The second-order valence-corrected chi connectivity index (χ2v) is 8.07. The summed E-state index contributed by atoms with van der Waals surface area (Å²) in [6.07, 6.45) is 2.18. The summed E-state index contributed by atoms with van der Waals surface area (Å²) < 4.78 is 0. The average molecular weight is 374 g/mol. The molecule has 1 amide bonds. The number of hydrogen-bond donors (Lipinski definition) is 3. The first-order valence-electron chi connectivity index (χ1n) is 9.99. The van der Waals surface area contributed by atoms with Gasteiger partial charge in [0.15, 0.2) is 5.96 Å². The van der Waals surface area contributed by atoms with Crippen LogP contribution in [0.4, 0.5) is 0 Å². The lowest BCUT2D eigenvalue weighted by molar-refractivity contribution is -0.121. The maximum Gasteiger partial charge on any atom is 0.242 e. The molecule has 0 atom stereocenters. The van der Waals surface area contributed by atoms with Crippen LogP contribution < -0.4 is 16.0 Å². The normalized spacial score (nSPS) is 15.2. The van der Waals surface area contributed by atoms with Gasteiger partial charge in [-0.3, -0.25) is 9.69 Å². The first-order chi connectivity index (χ1) is 12.9. The first kappa shape index (κ1) is 21.2. The lowest BCUT2D eigenvalue weighted by Crippen LogP contribution is -2.43. The summed E-state index contributed by atoms with van der Waals surface area (Å²) >= 11 is 0. The molecule has 0 saturated heterocycles. The molecular weight excluding hydrogens is 338 g/mol. The van der Waals surface area contributed by atoms with Crippen LogP contribution in [-0.2, 0) is 17.8 Å². The van der Waals surface area contributed by atoms with Gasteiger partial charge in [0.2, 0.25) is 5.91 Å². The zero-order chi connectivity index (χ0) is 19.7. The smallest absolute Gasteiger partial charge is 0.242 e. The van der Waals surface area contributed by atoms with Gasteiger partial charge in [0.1, 0.15) is 6.54 Å². The van der Waals surface area contributed by atoms with Gasteiger partial charge in [0.25, 0.3) is 0 Å². The third-order valence-electron chi connectivity index (χ3n) is 4.39. The van der Waals surface area contributed by atoms with Crippen LogP contribution in [0.5, 0.6) is 0 Å². The Bertz CT molecular complexity index is 636. The van der Waals surface area contributed by atoms with Crippen LogP contribution in [0.15, 0.2) is 29.3 Å². The van der Waals surface area contributed by atoms with Gasteiger partial charge >= 0.3 is 0 Å². The van der Waals surface area contributed by atoms with E-state index in [4.69, 9.17) is 0 Å². The van der Waals surface area contributed by atoms with E-state index >= 15 is 0 Å². The maximum absolute atomic E-state index is 11.9. The van der Waals surface area contributed by atoms with Crippen LogP contribution in [0, 0.1) is 0 Å². The van der Waals surface area contributed by atoms with E-state index in [1.54, 1.807) is 0 Å². The number of nitrogens with zero attached hydrogens (tertiary/aromatic N) is 2. The minimum atomic E-state index is -0.231. The molecule has 0 aliphatic carbocycles. The third kappa shape index (κ3) is 7.99. The van der Waals surface area contributed by atoms with Gasteiger partial charge in [-0.1, -0.05) is 24.3 Å². The second kappa shape index (κ2) is 10.3. The molecule has 0 radical (unpaired) electrons. The quantitative estimate of drug-likeness (QED) is 0.388. The Labute approximate surface area is 163 Å². The van der Waals surface area contributed by atoms with E-state index in [0.29, 0.717) is 5.96 Å². The minimum absolute atomic E-state index is 0.0633. The van der Waals surface area contributed by atoms with Gasteiger partial charge in [-0.25, -0.2) is 4.99 Å². The Kier molecular flexibility index (Phi) is 8.10. The molecule has 0 aromatic heterocycles. The molecule has 6 nitrogen and oxygen atoms in total. The summed E-state index contributed by atoms with van der Waals surface area (Å²) in [4.78, 5) is 18.8. The van der Waals surface area contributed by atoms with E-state index in [1.165, 1.54) is 11.1 Å². The Morgan fingerprint density at radius 3 is 2.63 bits per heavy atom. The number of carbonyl (C=O) groups excluding carboxylic acids is 1. The van der Waals surface area contributed by atoms with Crippen LogP contribution in [0.25, 0.3) is 0 Å². The molecule has 150 valence electrons. The SMILES string of the molecule is CCNC(=NCC(=O)NC(C)(C)C)NCCCN1CCc2ccccc2C1. The predicted molar refractivity (Wildman–Crippen MR) is 112 cm³/mol. The van der Waals surface area contributed by atoms with Crippen molar-refractivity contribution in [2.75, 3.05) is 32.7 Å². The molecule has 0 fully saturated rings. The molecule has 1 aromatic rings. The maximum atomic E-state index is 11.9.